The molecule has 0 aliphatic rings. The van der Waals surface area contributed by atoms with Crippen LogP contribution in [0.2, 0.25) is 0 Å². The van der Waals surface area contributed by atoms with Gasteiger partial charge in [-0.2, -0.15) is 5.26 Å². The van der Waals surface area contributed by atoms with Crippen molar-refractivity contribution in [2.45, 2.75) is 0 Å². The predicted molar refractivity (Wildman–Crippen MR) is 45.1 cm³/mol. The molecule has 0 unspecified atom stereocenters. The lowest BCUT2D eigenvalue weighted by Crippen LogP contribution is -2.09. The van der Waals surface area contributed by atoms with E-state index < -0.39 is 11.9 Å². The van der Waals surface area contributed by atoms with Gasteiger partial charge in [0, 0.05) is 0 Å². The fraction of sp³-hybridized carbons (Fsp3) is 0. The lowest BCUT2D eigenvalue weighted by Gasteiger charge is -2.00. The van der Waals surface area contributed by atoms with Crippen LogP contribution in [0.4, 0.5) is 0 Å². The Labute approximate surface area is 78.6 Å². The average molecular weight is 200 g/mol. The molecule has 0 spiro atoms. The molecule has 0 saturated heterocycles. The summed E-state index contributed by atoms with van der Waals surface area (Å²) in [4.78, 5) is 24.8. The van der Waals surface area contributed by atoms with Gasteiger partial charge in [0.2, 0.25) is 0 Å². The summed E-state index contributed by atoms with van der Waals surface area (Å²) in [5.41, 5.74) is -0.390. The summed E-state index contributed by atoms with van der Waals surface area (Å²) in [5.74, 6) is -2.33. The molecule has 0 aromatic heterocycles. The quantitative estimate of drug-likeness (QED) is 0.522. The molecular formula is C8H8O6. The van der Waals surface area contributed by atoms with E-state index in [0.717, 1.165) is 0 Å². The first-order chi connectivity index (χ1) is 6.16. The fourth-order valence-electron chi connectivity index (χ4n) is 0.897. The SMILES string of the molecule is O.O=C(O)c1ccccc1C(=O)OO. The van der Waals surface area contributed by atoms with Crippen LogP contribution in [-0.4, -0.2) is 27.8 Å². The van der Waals surface area contributed by atoms with Crippen molar-refractivity contribution < 1.29 is 30.3 Å². The number of carboxylic acid groups (broad SMARTS) is 1. The van der Waals surface area contributed by atoms with E-state index in [2.05, 4.69) is 4.89 Å². The highest BCUT2D eigenvalue weighted by Crippen LogP contribution is 2.09. The second kappa shape index (κ2) is 4.95. The van der Waals surface area contributed by atoms with E-state index in [-0.39, 0.29) is 16.6 Å². The number of benzene rings is 1. The standard InChI is InChI=1S/C8H6O5.H2O/c9-7(10)5-3-1-2-4-6(5)8(11)13-12;/h1-4,12H,(H,9,10);1H2. The third-order valence-electron chi connectivity index (χ3n) is 1.46. The molecule has 76 valence electrons. The Morgan fingerprint density at radius 2 is 1.64 bits per heavy atom. The van der Waals surface area contributed by atoms with Gasteiger partial charge < -0.3 is 10.6 Å². The Morgan fingerprint density at radius 1 is 1.14 bits per heavy atom. The molecule has 0 atom stereocenters. The summed E-state index contributed by atoms with van der Waals surface area (Å²) in [7, 11) is 0. The first-order valence-corrected chi connectivity index (χ1v) is 3.35. The smallest absolute Gasteiger partial charge is 0.373 e. The zero-order chi connectivity index (χ0) is 9.84. The number of aromatic carboxylic acids is 1. The molecule has 1 aromatic carbocycles. The van der Waals surface area contributed by atoms with Crippen LogP contribution in [0.3, 0.4) is 0 Å². The third-order valence-corrected chi connectivity index (χ3v) is 1.46. The van der Waals surface area contributed by atoms with Crippen molar-refractivity contribution >= 4 is 11.9 Å². The summed E-state index contributed by atoms with van der Waals surface area (Å²) in [6, 6.07) is 5.44. The van der Waals surface area contributed by atoms with Gasteiger partial charge in [-0.15, -0.1) is 0 Å². The number of rotatable bonds is 2. The minimum absolute atomic E-state index is 0. The van der Waals surface area contributed by atoms with Crippen LogP contribution in [0.1, 0.15) is 20.7 Å². The van der Waals surface area contributed by atoms with E-state index in [4.69, 9.17) is 10.4 Å². The Hall–Kier alpha value is -1.92. The molecule has 0 radical (unpaired) electrons. The normalized spacial score (nSPS) is 8.64. The highest BCUT2D eigenvalue weighted by Gasteiger charge is 2.16. The second-order valence-electron chi connectivity index (χ2n) is 2.23. The minimum Gasteiger partial charge on any atom is -0.478 e. The molecule has 0 aliphatic carbocycles. The van der Waals surface area contributed by atoms with Gasteiger partial charge in [-0.1, -0.05) is 12.1 Å². The molecule has 6 heteroatoms. The molecule has 4 N–H and O–H groups in total. The molecule has 0 amide bonds. The predicted octanol–water partition coefficient (Wildman–Crippen LogP) is 0.190. The van der Waals surface area contributed by atoms with Crippen LogP contribution < -0.4 is 0 Å². The first kappa shape index (κ1) is 12.1. The second-order valence-corrected chi connectivity index (χ2v) is 2.23. The Morgan fingerprint density at radius 3 is 2.07 bits per heavy atom. The average Bonchev–Trinajstić information content (AvgIpc) is 2.16. The zero-order valence-electron chi connectivity index (χ0n) is 6.93. The minimum atomic E-state index is -1.25. The maximum Gasteiger partial charge on any atom is 0.373 e. The summed E-state index contributed by atoms with van der Waals surface area (Å²) < 4.78 is 0. The largest absolute Gasteiger partial charge is 0.478 e. The van der Waals surface area contributed by atoms with Crippen LogP contribution in [0.15, 0.2) is 24.3 Å². The molecule has 0 bridgehead atoms. The van der Waals surface area contributed by atoms with E-state index in [1.54, 1.807) is 0 Å². The van der Waals surface area contributed by atoms with Gasteiger partial charge >= 0.3 is 11.9 Å². The highest BCUT2D eigenvalue weighted by molar-refractivity contribution is 6.02. The van der Waals surface area contributed by atoms with Crippen molar-refractivity contribution in [3.05, 3.63) is 35.4 Å². The van der Waals surface area contributed by atoms with Crippen LogP contribution >= 0.6 is 0 Å². The van der Waals surface area contributed by atoms with Gasteiger partial charge in [-0.05, 0) is 12.1 Å². The van der Waals surface area contributed by atoms with E-state index in [1.807, 2.05) is 0 Å². The van der Waals surface area contributed by atoms with Gasteiger partial charge in [0.1, 0.15) is 0 Å². The number of hydrogen-bond acceptors (Lipinski definition) is 4. The van der Waals surface area contributed by atoms with Crippen LogP contribution in [0.5, 0.6) is 0 Å². The first-order valence-electron chi connectivity index (χ1n) is 3.35. The maximum absolute atomic E-state index is 10.8. The van der Waals surface area contributed by atoms with Gasteiger partial charge in [-0.25, -0.2) is 9.59 Å². The fourth-order valence-corrected chi connectivity index (χ4v) is 0.897. The highest BCUT2D eigenvalue weighted by atomic mass is 17.1. The van der Waals surface area contributed by atoms with E-state index in [0.29, 0.717) is 0 Å². The Bertz CT molecular complexity index is 345. The number of carbonyl (C=O) groups excluding carboxylic acids is 1. The van der Waals surface area contributed by atoms with Gasteiger partial charge in [0.05, 0.1) is 11.1 Å². The van der Waals surface area contributed by atoms with Crippen molar-refractivity contribution in [1.29, 1.82) is 0 Å². The number of carboxylic acids is 1. The number of carbonyl (C=O) groups is 2. The van der Waals surface area contributed by atoms with E-state index in [9.17, 15) is 9.59 Å². The Kier molecular flexibility index (Phi) is 4.27. The third kappa shape index (κ3) is 2.28. The molecule has 6 nitrogen and oxygen atoms in total. The van der Waals surface area contributed by atoms with Gasteiger partial charge in [0.15, 0.2) is 0 Å². The summed E-state index contributed by atoms with van der Waals surface area (Å²) in [6.45, 7) is 0. The number of hydrogen-bond donors (Lipinski definition) is 2. The van der Waals surface area contributed by atoms with Crippen molar-refractivity contribution in [3.8, 4) is 0 Å². The molecule has 1 aromatic rings. The van der Waals surface area contributed by atoms with E-state index >= 15 is 0 Å². The van der Waals surface area contributed by atoms with Crippen LogP contribution in [0.25, 0.3) is 0 Å². The van der Waals surface area contributed by atoms with Gasteiger partial charge in [-0.3, -0.25) is 4.89 Å². The molecule has 0 fully saturated rings. The van der Waals surface area contributed by atoms with E-state index in [1.165, 1.54) is 24.3 Å². The molecule has 14 heavy (non-hydrogen) atoms. The molecule has 1 rings (SSSR count). The van der Waals surface area contributed by atoms with Crippen molar-refractivity contribution in [2.24, 2.45) is 0 Å². The molecule has 0 heterocycles. The van der Waals surface area contributed by atoms with Crippen molar-refractivity contribution in [3.63, 3.8) is 0 Å². The maximum atomic E-state index is 10.8. The van der Waals surface area contributed by atoms with Crippen molar-refractivity contribution in [1.82, 2.24) is 0 Å². The summed E-state index contributed by atoms with van der Waals surface area (Å²) in [5, 5.41) is 16.7. The van der Waals surface area contributed by atoms with Crippen LogP contribution in [-0.2, 0) is 4.89 Å². The summed E-state index contributed by atoms with van der Waals surface area (Å²) >= 11 is 0. The van der Waals surface area contributed by atoms with Crippen molar-refractivity contribution in [2.75, 3.05) is 0 Å². The topological polar surface area (TPSA) is 115 Å². The Balaban J connectivity index is 0.00000169. The van der Waals surface area contributed by atoms with Gasteiger partial charge in [0.25, 0.3) is 0 Å². The molecule has 0 aliphatic heterocycles. The molecule has 0 saturated carbocycles. The zero-order valence-corrected chi connectivity index (χ0v) is 6.93. The lowest BCUT2D eigenvalue weighted by atomic mass is 10.1. The lowest BCUT2D eigenvalue weighted by molar-refractivity contribution is -0.182. The summed E-state index contributed by atoms with van der Waals surface area (Å²) in [6.07, 6.45) is 0. The van der Waals surface area contributed by atoms with Crippen LogP contribution in [0, 0.1) is 0 Å². The molecular weight excluding hydrogens is 192 g/mol. The monoisotopic (exact) mass is 200 g/mol.